The highest BCUT2D eigenvalue weighted by Crippen LogP contribution is 2.30. The molecule has 0 unspecified atom stereocenters. The molecular weight excluding hydrogens is 429 g/mol. The van der Waals surface area contributed by atoms with Crippen LogP contribution in [0.4, 0.5) is 4.79 Å². The lowest BCUT2D eigenvalue weighted by atomic mass is 10.1. The van der Waals surface area contributed by atoms with Crippen LogP contribution >= 0.6 is 23.2 Å². The number of aromatic nitrogens is 2. The van der Waals surface area contributed by atoms with Gasteiger partial charge in [0.1, 0.15) is 18.2 Å². The highest BCUT2D eigenvalue weighted by atomic mass is 35.5. The lowest BCUT2D eigenvalue weighted by Gasteiger charge is -2.13. The number of rotatable bonds is 8. The molecule has 1 aromatic carbocycles. The maximum absolute atomic E-state index is 13.0. The van der Waals surface area contributed by atoms with Gasteiger partial charge in [0, 0.05) is 35.1 Å². The maximum atomic E-state index is 13.0. The van der Waals surface area contributed by atoms with E-state index in [4.69, 9.17) is 37.9 Å². The summed E-state index contributed by atoms with van der Waals surface area (Å²) < 4.78 is 37.6. The summed E-state index contributed by atoms with van der Waals surface area (Å²) in [6, 6.07) is 4.18. The number of ether oxygens (including phenoxy) is 1. The summed E-state index contributed by atoms with van der Waals surface area (Å²) >= 11 is 11.8. The van der Waals surface area contributed by atoms with Gasteiger partial charge in [-0.05, 0) is 18.9 Å². The first-order valence-corrected chi connectivity index (χ1v) is 10.6. The van der Waals surface area contributed by atoms with E-state index >= 15 is 0 Å². The van der Waals surface area contributed by atoms with Gasteiger partial charge in [-0.15, -0.1) is 0 Å². The van der Waals surface area contributed by atoms with Crippen molar-refractivity contribution < 1.29 is 22.1 Å². The SMILES string of the molecule is CCn1c(CCOC(N)=O)nc(C(C)C)c1S(=O)(=O)Oc1cc(Cl)cc(Cl)c1. The Kier molecular flexibility index (Phi) is 7.19. The third-order valence-corrected chi connectivity index (χ3v) is 5.49. The van der Waals surface area contributed by atoms with Crippen LogP contribution < -0.4 is 9.92 Å². The largest absolute Gasteiger partial charge is 0.449 e. The predicted molar refractivity (Wildman–Crippen MR) is 106 cm³/mol. The number of carbonyl (C=O) groups excluding carboxylic acids is 1. The quantitative estimate of drug-likeness (QED) is 0.613. The van der Waals surface area contributed by atoms with Crippen molar-refractivity contribution in [2.45, 2.75) is 44.7 Å². The highest BCUT2D eigenvalue weighted by Gasteiger charge is 2.31. The molecule has 8 nitrogen and oxygen atoms in total. The minimum Gasteiger partial charge on any atom is -0.449 e. The predicted octanol–water partition coefficient (Wildman–Crippen LogP) is 3.74. The van der Waals surface area contributed by atoms with E-state index in [-0.39, 0.29) is 39.8 Å². The van der Waals surface area contributed by atoms with Crippen LogP contribution in [0.2, 0.25) is 10.0 Å². The zero-order chi connectivity index (χ0) is 21.1. The van der Waals surface area contributed by atoms with E-state index in [1.807, 2.05) is 13.8 Å². The molecule has 154 valence electrons. The lowest BCUT2D eigenvalue weighted by molar-refractivity contribution is 0.157. The second-order valence-electron chi connectivity index (χ2n) is 6.18. The smallest absolute Gasteiger partial charge is 0.404 e. The van der Waals surface area contributed by atoms with E-state index in [0.29, 0.717) is 18.1 Å². The molecule has 2 aromatic rings. The van der Waals surface area contributed by atoms with Crippen molar-refractivity contribution in [2.24, 2.45) is 5.73 Å². The van der Waals surface area contributed by atoms with E-state index in [9.17, 15) is 13.2 Å². The average Bonchev–Trinajstić information content (AvgIpc) is 2.92. The van der Waals surface area contributed by atoms with Crippen molar-refractivity contribution in [3.63, 3.8) is 0 Å². The normalized spacial score (nSPS) is 11.6. The molecule has 2 N–H and O–H groups in total. The Bertz CT molecular complexity index is 953. The number of carbonyl (C=O) groups is 1. The van der Waals surface area contributed by atoms with Gasteiger partial charge in [-0.25, -0.2) is 9.78 Å². The first-order valence-electron chi connectivity index (χ1n) is 8.47. The number of imidazole rings is 1. The molecule has 1 amide bonds. The molecule has 1 aromatic heterocycles. The van der Waals surface area contributed by atoms with Crippen molar-refractivity contribution in [1.82, 2.24) is 9.55 Å². The Morgan fingerprint density at radius 3 is 2.36 bits per heavy atom. The third kappa shape index (κ3) is 5.30. The van der Waals surface area contributed by atoms with E-state index in [1.165, 1.54) is 22.8 Å². The molecule has 1 heterocycles. The number of halogens is 2. The summed E-state index contributed by atoms with van der Waals surface area (Å²) in [7, 11) is -4.24. The van der Waals surface area contributed by atoms with Gasteiger partial charge >= 0.3 is 16.2 Å². The fraction of sp³-hybridized carbons (Fsp3) is 0.412. The molecule has 11 heteroatoms. The van der Waals surface area contributed by atoms with Gasteiger partial charge in [0.2, 0.25) is 0 Å². The van der Waals surface area contributed by atoms with Gasteiger partial charge in [0.05, 0.1) is 5.69 Å². The Balaban J connectivity index is 2.48. The minimum atomic E-state index is -4.24. The van der Waals surface area contributed by atoms with E-state index < -0.39 is 16.2 Å². The molecule has 28 heavy (non-hydrogen) atoms. The second-order valence-corrected chi connectivity index (χ2v) is 8.51. The summed E-state index contributed by atoms with van der Waals surface area (Å²) in [6.07, 6.45) is -0.706. The highest BCUT2D eigenvalue weighted by molar-refractivity contribution is 7.87. The molecule has 0 aliphatic carbocycles. The standard InChI is InChI=1S/C17H21Cl2N3O5S/c1-4-22-14(5-6-26-17(20)23)21-15(10(2)3)16(22)28(24,25)27-13-8-11(18)7-12(19)9-13/h7-10H,4-6H2,1-3H3,(H2,20,23). The van der Waals surface area contributed by atoms with Crippen LogP contribution in [0.5, 0.6) is 5.75 Å². The van der Waals surface area contributed by atoms with Gasteiger partial charge < -0.3 is 19.2 Å². The van der Waals surface area contributed by atoms with Crippen LogP contribution in [0.15, 0.2) is 23.2 Å². The van der Waals surface area contributed by atoms with E-state index in [0.717, 1.165) is 0 Å². The first-order chi connectivity index (χ1) is 13.0. The van der Waals surface area contributed by atoms with Crippen LogP contribution in [0.3, 0.4) is 0 Å². The van der Waals surface area contributed by atoms with Gasteiger partial charge in [-0.2, -0.15) is 8.42 Å². The average molecular weight is 450 g/mol. The van der Waals surface area contributed by atoms with Crippen molar-refractivity contribution in [3.8, 4) is 5.75 Å². The molecule has 0 atom stereocenters. The number of primary amides is 1. The molecule has 2 rings (SSSR count). The molecule has 0 fully saturated rings. The summed E-state index contributed by atoms with van der Waals surface area (Å²) in [6.45, 7) is 5.72. The number of hydrogen-bond acceptors (Lipinski definition) is 6. The van der Waals surface area contributed by atoms with Crippen molar-refractivity contribution in [2.75, 3.05) is 6.61 Å². The monoisotopic (exact) mass is 449 g/mol. The van der Waals surface area contributed by atoms with Crippen molar-refractivity contribution in [3.05, 3.63) is 39.8 Å². The van der Waals surface area contributed by atoms with Crippen LogP contribution in [0, 0.1) is 0 Å². The van der Waals surface area contributed by atoms with Gasteiger partial charge in [-0.1, -0.05) is 37.0 Å². The zero-order valence-corrected chi connectivity index (χ0v) is 17.9. The molecule has 0 aliphatic heterocycles. The summed E-state index contributed by atoms with van der Waals surface area (Å²) in [5.74, 6) is 0.244. The van der Waals surface area contributed by atoms with Gasteiger partial charge in [-0.3, -0.25) is 0 Å². The second kappa shape index (κ2) is 9.02. The summed E-state index contributed by atoms with van der Waals surface area (Å²) in [5.41, 5.74) is 5.32. The van der Waals surface area contributed by atoms with Crippen LogP contribution in [0.1, 0.15) is 38.2 Å². The molecule has 0 bridgehead atoms. The molecule has 0 radical (unpaired) electrons. The zero-order valence-electron chi connectivity index (χ0n) is 15.6. The fourth-order valence-corrected chi connectivity index (χ4v) is 4.62. The molecular formula is C17H21Cl2N3O5S. The maximum Gasteiger partial charge on any atom is 0.404 e. The molecule has 0 saturated carbocycles. The number of nitrogens with zero attached hydrogens (tertiary/aromatic N) is 2. The fourth-order valence-electron chi connectivity index (χ4n) is 2.64. The van der Waals surface area contributed by atoms with Gasteiger partial charge in [0.15, 0.2) is 5.03 Å². The third-order valence-electron chi connectivity index (χ3n) is 3.74. The summed E-state index contributed by atoms with van der Waals surface area (Å²) in [5, 5.41) is 0.431. The van der Waals surface area contributed by atoms with E-state index in [2.05, 4.69) is 4.98 Å². The van der Waals surface area contributed by atoms with Crippen LogP contribution in [-0.4, -0.2) is 30.7 Å². The Morgan fingerprint density at radius 1 is 1.25 bits per heavy atom. The Labute approximate surface area is 173 Å². The van der Waals surface area contributed by atoms with E-state index in [1.54, 1.807) is 6.92 Å². The molecule has 0 aliphatic rings. The van der Waals surface area contributed by atoms with Gasteiger partial charge in [0.25, 0.3) is 0 Å². The topological polar surface area (TPSA) is 114 Å². The van der Waals surface area contributed by atoms with Crippen LogP contribution in [-0.2, 0) is 27.8 Å². The Hall–Kier alpha value is -1.97. The summed E-state index contributed by atoms with van der Waals surface area (Å²) in [4.78, 5) is 15.2. The van der Waals surface area contributed by atoms with Crippen LogP contribution in [0.25, 0.3) is 0 Å². The number of nitrogens with two attached hydrogens (primary N) is 1. The number of hydrogen-bond donors (Lipinski definition) is 1. The van der Waals surface area contributed by atoms with Crippen molar-refractivity contribution >= 4 is 39.4 Å². The number of benzene rings is 1. The number of amides is 1. The molecule has 0 spiro atoms. The molecule has 0 saturated heterocycles. The minimum absolute atomic E-state index is 0.00493. The Morgan fingerprint density at radius 2 is 1.86 bits per heavy atom. The first kappa shape index (κ1) is 22.3. The lowest BCUT2D eigenvalue weighted by Crippen LogP contribution is -2.19. The van der Waals surface area contributed by atoms with Crippen molar-refractivity contribution in [1.29, 1.82) is 0 Å².